The van der Waals surface area contributed by atoms with Crippen molar-refractivity contribution in [2.75, 3.05) is 18.3 Å². The van der Waals surface area contributed by atoms with E-state index in [0.29, 0.717) is 18.9 Å². The second-order valence-electron chi connectivity index (χ2n) is 8.42. The fourth-order valence-electron chi connectivity index (χ4n) is 3.66. The van der Waals surface area contributed by atoms with Crippen molar-refractivity contribution in [1.82, 2.24) is 0 Å². The summed E-state index contributed by atoms with van der Waals surface area (Å²) >= 11 is 0. The highest BCUT2D eigenvalue weighted by atomic mass is 32.3. The standard InChI is InChI=1S/C21H43O6S3/c1-4-5-6-7-8-9-10-11-12-13-14-15-16-17-18-19-20-30(26,27)21(28(2,22)23)29(3,24)25/h4-20H2,1-3H3/q-1. The molecule has 0 saturated carbocycles. The van der Waals surface area contributed by atoms with Gasteiger partial charge in [-0.2, -0.15) is 0 Å². The molecule has 0 atom stereocenters. The van der Waals surface area contributed by atoms with Gasteiger partial charge in [-0.05, 0) is 6.42 Å². The van der Waals surface area contributed by atoms with Crippen LogP contribution in [0.5, 0.6) is 0 Å². The molecule has 9 heteroatoms. The van der Waals surface area contributed by atoms with E-state index in [0.717, 1.165) is 19.3 Å². The van der Waals surface area contributed by atoms with E-state index in [9.17, 15) is 25.3 Å². The lowest BCUT2D eigenvalue weighted by Gasteiger charge is -2.25. The van der Waals surface area contributed by atoms with Crippen LogP contribution in [0.15, 0.2) is 0 Å². The maximum atomic E-state index is 12.2. The van der Waals surface area contributed by atoms with E-state index in [1.54, 1.807) is 0 Å². The monoisotopic (exact) mass is 487 g/mol. The van der Waals surface area contributed by atoms with Crippen LogP contribution in [-0.2, 0) is 29.5 Å². The first-order valence-corrected chi connectivity index (χ1v) is 16.9. The average molecular weight is 488 g/mol. The maximum absolute atomic E-state index is 12.2. The molecular weight excluding hydrogens is 444 g/mol. The molecule has 0 unspecified atom stereocenters. The predicted octanol–water partition coefficient (Wildman–Crippen LogP) is 5.20. The Morgan fingerprint density at radius 3 is 1.00 bits per heavy atom. The Morgan fingerprint density at radius 2 is 0.733 bits per heavy atom. The van der Waals surface area contributed by atoms with E-state index in [1.807, 2.05) is 0 Å². The van der Waals surface area contributed by atoms with E-state index in [1.165, 1.54) is 70.6 Å². The molecule has 0 N–H and O–H groups in total. The molecule has 0 rings (SSSR count). The Hall–Kier alpha value is -0.150. The van der Waals surface area contributed by atoms with Gasteiger partial charge in [-0.1, -0.05) is 103 Å². The van der Waals surface area contributed by atoms with Crippen LogP contribution in [0.25, 0.3) is 0 Å². The summed E-state index contributed by atoms with van der Waals surface area (Å²) in [4.78, 5) is 0. The summed E-state index contributed by atoms with van der Waals surface area (Å²) in [6, 6.07) is 0. The topological polar surface area (TPSA) is 102 Å². The smallest absolute Gasteiger partial charge is 0.0545 e. The SMILES string of the molecule is CCCCCCCCCCCCCCCCCCS(=O)(=O)[C-](S(C)(=O)=O)S(C)(=O)=O. The van der Waals surface area contributed by atoms with Crippen LogP contribution < -0.4 is 0 Å². The van der Waals surface area contributed by atoms with E-state index in [2.05, 4.69) is 6.92 Å². The van der Waals surface area contributed by atoms with Crippen LogP contribution in [0.3, 0.4) is 0 Å². The van der Waals surface area contributed by atoms with Gasteiger partial charge in [-0.15, -0.1) is 0 Å². The van der Waals surface area contributed by atoms with Gasteiger partial charge in [-0.3, -0.25) is 25.3 Å². The van der Waals surface area contributed by atoms with E-state index >= 15 is 0 Å². The number of hydrogen-bond donors (Lipinski definition) is 0. The molecule has 0 aliphatic rings. The highest BCUT2D eigenvalue weighted by Crippen LogP contribution is 2.25. The van der Waals surface area contributed by atoms with Crippen molar-refractivity contribution in [3.05, 3.63) is 3.91 Å². The van der Waals surface area contributed by atoms with Crippen molar-refractivity contribution in [3.8, 4) is 0 Å². The molecule has 0 aliphatic heterocycles. The van der Waals surface area contributed by atoms with E-state index in [-0.39, 0.29) is 6.42 Å². The molecular formula is C21H43O6S3-. The Kier molecular flexibility index (Phi) is 15.5. The maximum Gasteiger partial charge on any atom is 0.0545 e. The fraction of sp³-hybridized carbons (Fsp3) is 0.952. The third-order valence-corrected chi connectivity index (χ3v) is 12.8. The highest BCUT2D eigenvalue weighted by Gasteiger charge is 2.29. The van der Waals surface area contributed by atoms with Gasteiger partial charge in [0.25, 0.3) is 0 Å². The van der Waals surface area contributed by atoms with Crippen molar-refractivity contribution in [2.24, 2.45) is 0 Å². The lowest BCUT2D eigenvalue weighted by atomic mass is 10.0. The second-order valence-corrected chi connectivity index (χ2v) is 15.1. The Morgan fingerprint density at radius 1 is 0.467 bits per heavy atom. The molecule has 0 amide bonds. The number of unbranched alkanes of at least 4 members (excludes halogenated alkanes) is 15. The molecule has 0 aromatic rings. The number of hydrogen-bond acceptors (Lipinski definition) is 6. The molecule has 0 spiro atoms. The first-order valence-electron chi connectivity index (χ1n) is 11.4. The molecule has 0 bridgehead atoms. The van der Waals surface area contributed by atoms with Crippen LogP contribution in [0.4, 0.5) is 0 Å². The summed E-state index contributed by atoms with van der Waals surface area (Å²) in [7, 11) is -12.9. The first kappa shape index (κ1) is 29.9. The Bertz CT molecular complexity index is 708. The van der Waals surface area contributed by atoms with Gasteiger partial charge in [0, 0.05) is 22.2 Å². The molecule has 182 valence electrons. The third-order valence-electron chi connectivity index (χ3n) is 5.13. The summed E-state index contributed by atoms with van der Waals surface area (Å²) in [5.74, 6) is -0.444. The molecule has 0 fully saturated rings. The zero-order chi connectivity index (χ0) is 23.1. The fourth-order valence-corrected chi connectivity index (χ4v) is 10.8. The van der Waals surface area contributed by atoms with Crippen LogP contribution in [0.2, 0.25) is 0 Å². The van der Waals surface area contributed by atoms with E-state index in [4.69, 9.17) is 0 Å². The van der Waals surface area contributed by atoms with Crippen molar-refractivity contribution in [3.63, 3.8) is 0 Å². The van der Waals surface area contributed by atoms with Crippen molar-refractivity contribution < 1.29 is 25.3 Å². The summed E-state index contributed by atoms with van der Waals surface area (Å²) in [5, 5.41) is 0. The molecule has 6 nitrogen and oxygen atoms in total. The number of sulfone groups is 3. The second kappa shape index (κ2) is 15.6. The van der Waals surface area contributed by atoms with Gasteiger partial charge in [0.15, 0.2) is 0 Å². The van der Waals surface area contributed by atoms with Crippen molar-refractivity contribution in [2.45, 2.75) is 110 Å². The minimum Gasteiger partial charge on any atom is -0.260 e. The van der Waals surface area contributed by atoms with Crippen LogP contribution in [0.1, 0.15) is 110 Å². The lowest BCUT2D eigenvalue weighted by molar-refractivity contribution is 0.531. The zero-order valence-corrected chi connectivity index (χ0v) is 21.6. The van der Waals surface area contributed by atoms with Gasteiger partial charge in [0.1, 0.15) is 0 Å². The minimum absolute atomic E-state index is 0.273. The van der Waals surface area contributed by atoms with Gasteiger partial charge in [0.05, 0.1) is 29.5 Å². The largest absolute Gasteiger partial charge is 0.260 e. The molecule has 0 aromatic carbocycles. The van der Waals surface area contributed by atoms with Gasteiger partial charge in [0.2, 0.25) is 0 Å². The zero-order valence-electron chi connectivity index (χ0n) is 19.2. The van der Waals surface area contributed by atoms with Crippen LogP contribution in [-0.4, -0.2) is 43.5 Å². The average Bonchev–Trinajstić information content (AvgIpc) is 2.58. The molecule has 0 saturated heterocycles. The Balaban J connectivity index is 3.77. The van der Waals surface area contributed by atoms with Crippen molar-refractivity contribution in [1.29, 1.82) is 0 Å². The predicted molar refractivity (Wildman–Crippen MR) is 126 cm³/mol. The van der Waals surface area contributed by atoms with Gasteiger partial charge in [-0.25, -0.2) is 0 Å². The molecule has 0 heterocycles. The van der Waals surface area contributed by atoms with Crippen LogP contribution >= 0.6 is 0 Å². The summed E-state index contributed by atoms with van der Waals surface area (Å²) in [6.45, 7) is 2.24. The minimum atomic E-state index is -4.32. The molecule has 30 heavy (non-hydrogen) atoms. The van der Waals surface area contributed by atoms with Gasteiger partial charge < -0.3 is 0 Å². The van der Waals surface area contributed by atoms with Crippen LogP contribution in [0, 0.1) is 3.91 Å². The van der Waals surface area contributed by atoms with Crippen molar-refractivity contribution >= 4 is 29.5 Å². The quantitative estimate of drug-likeness (QED) is 0.173. The Labute approximate surface area is 186 Å². The molecule has 0 radical (unpaired) electrons. The summed E-state index contributed by atoms with van der Waals surface area (Å²) in [5.41, 5.74) is 0. The summed E-state index contributed by atoms with van der Waals surface area (Å²) in [6.07, 6.45) is 19.6. The van der Waals surface area contributed by atoms with E-state index < -0.39 is 39.2 Å². The first-order chi connectivity index (χ1) is 13.9. The highest BCUT2D eigenvalue weighted by molar-refractivity contribution is 8.28. The molecule has 0 aromatic heterocycles. The molecule has 0 aliphatic carbocycles. The summed E-state index contributed by atoms with van der Waals surface area (Å²) < 4.78 is 69.4. The lowest BCUT2D eigenvalue weighted by Crippen LogP contribution is -2.30. The van der Waals surface area contributed by atoms with Gasteiger partial charge >= 0.3 is 0 Å². The number of rotatable bonds is 20. The normalized spacial score (nSPS) is 13.2. The third kappa shape index (κ3) is 14.8.